The van der Waals surface area contributed by atoms with Gasteiger partial charge in [-0.15, -0.1) is 0 Å². The molecule has 0 spiro atoms. The Bertz CT molecular complexity index is 1080. The zero-order chi connectivity index (χ0) is 33.3. The molecule has 3 rings (SSSR count). The second-order valence-electron chi connectivity index (χ2n) is 8.50. The van der Waals surface area contributed by atoms with Crippen molar-refractivity contribution in [3.63, 3.8) is 0 Å². The van der Waals surface area contributed by atoms with Gasteiger partial charge in [0.15, 0.2) is 0 Å². The van der Waals surface area contributed by atoms with E-state index >= 15 is 0 Å². The maximum Gasteiger partial charge on any atom is 0.673 e. The summed E-state index contributed by atoms with van der Waals surface area (Å²) in [5, 5.41) is 16.7. The minimum absolute atomic E-state index is 0. The third-order valence-electron chi connectivity index (χ3n) is 5.64. The summed E-state index contributed by atoms with van der Waals surface area (Å²) in [4.78, 5) is 0. The SMILES string of the molecule is CC#N.Cc1c(C)[n+](C)c([N-]CC[N-]c2n(C)c(C)c(C)[n+]2C)n1C.F[B-](F)(F)F.F[B-](F)(F)F.[Mo].c1ccc[cH+]cc1. The Hall–Kier alpha value is -3.14. The van der Waals surface area contributed by atoms with E-state index in [0.717, 1.165) is 11.9 Å². The molecule has 0 atom stereocenters. The van der Waals surface area contributed by atoms with Crippen molar-refractivity contribution in [2.75, 3.05) is 13.1 Å². The Balaban J connectivity index is -0.000000620. The molecular formula is C25H38B2F8MoN7-. The number of rotatable bonds is 5. The van der Waals surface area contributed by atoms with Crippen LogP contribution in [0, 0.1) is 39.0 Å². The van der Waals surface area contributed by atoms with Crippen LogP contribution in [-0.2, 0) is 49.3 Å². The van der Waals surface area contributed by atoms with Crippen LogP contribution in [0.15, 0.2) is 42.5 Å². The summed E-state index contributed by atoms with van der Waals surface area (Å²) in [6.07, 6.45) is 0. The summed E-state index contributed by atoms with van der Waals surface area (Å²) in [6, 6.07) is 15.8. The van der Waals surface area contributed by atoms with Crippen LogP contribution in [0.25, 0.3) is 10.6 Å². The zero-order valence-corrected chi connectivity index (χ0v) is 27.7. The molecule has 2 heterocycles. The fourth-order valence-corrected chi connectivity index (χ4v) is 3.19. The molecule has 0 aliphatic carbocycles. The number of nitrogens with zero attached hydrogens (tertiary/aromatic N) is 7. The van der Waals surface area contributed by atoms with Crippen LogP contribution in [0.2, 0.25) is 0 Å². The molecule has 0 aliphatic rings. The fourth-order valence-electron chi connectivity index (χ4n) is 3.19. The first kappa shape index (κ1) is 44.3. The first-order valence-corrected chi connectivity index (χ1v) is 12.5. The van der Waals surface area contributed by atoms with Gasteiger partial charge in [-0.1, -0.05) is 0 Å². The summed E-state index contributed by atoms with van der Waals surface area (Å²) in [5.74, 6) is 1.99. The van der Waals surface area contributed by atoms with E-state index in [0.29, 0.717) is 13.1 Å². The van der Waals surface area contributed by atoms with Crippen LogP contribution in [-0.4, -0.2) is 36.7 Å². The largest absolute Gasteiger partial charge is 0.673 e. The molecule has 0 amide bonds. The topological polar surface area (TPSA) is 69.6 Å². The van der Waals surface area contributed by atoms with Gasteiger partial charge >= 0.3 is 14.5 Å². The molecular weight excluding hydrogens is 668 g/mol. The Kier molecular flexibility index (Phi) is 22.2. The van der Waals surface area contributed by atoms with Gasteiger partial charge in [0.05, 0.1) is 19.2 Å². The van der Waals surface area contributed by atoms with Gasteiger partial charge in [0, 0.05) is 121 Å². The predicted molar refractivity (Wildman–Crippen MR) is 150 cm³/mol. The van der Waals surface area contributed by atoms with E-state index in [4.69, 9.17) is 15.9 Å². The second-order valence-corrected chi connectivity index (χ2v) is 8.50. The molecule has 0 fully saturated rings. The average Bonchev–Trinajstić information content (AvgIpc) is 3.10. The van der Waals surface area contributed by atoms with Gasteiger partial charge < -0.3 is 52.8 Å². The van der Waals surface area contributed by atoms with Crippen LogP contribution in [0.1, 0.15) is 29.7 Å². The molecule has 2 aromatic heterocycles. The molecule has 242 valence electrons. The summed E-state index contributed by atoms with van der Waals surface area (Å²) < 4.78 is 86.5. The van der Waals surface area contributed by atoms with Crippen molar-refractivity contribution >= 4 is 26.4 Å². The van der Waals surface area contributed by atoms with Gasteiger partial charge in [0.2, 0.25) is 11.9 Å². The van der Waals surface area contributed by atoms with Crippen LogP contribution in [0.3, 0.4) is 0 Å². The molecule has 7 nitrogen and oxygen atoms in total. The second kappa shape index (κ2) is 21.5. The zero-order valence-electron chi connectivity index (χ0n) is 25.7. The fraction of sp³-hybridized carbons (Fsp3) is 0.440. The minimum Gasteiger partial charge on any atom is -0.418 e. The number of hydrogen-bond acceptors (Lipinski definition) is 1. The van der Waals surface area contributed by atoms with Gasteiger partial charge in [-0.05, 0) is 27.7 Å². The Morgan fingerprint density at radius 3 is 1.19 bits per heavy atom. The summed E-state index contributed by atoms with van der Waals surface area (Å²) in [5.41, 5.74) is 4.99. The van der Waals surface area contributed by atoms with Crippen LogP contribution in [0.5, 0.6) is 0 Å². The molecule has 0 unspecified atom stereocenters. The van der Waals surface area contributed by atoms with Crippen molar-refractivity contribution in [3.8, 4) is 6.07 Å². The number of imidazole rings is 2. The first-order valence-electron chi connectivity index (χ1n) is 12.5. The summed E-state index contributed by atoms with van der Waals surface area (Å²) in [7, 11) is -3.77. The number of halogens is 8. The summed E-state index contributed by atoms with van der Waals surface area (Å²) >= 11 is 0. The van der Waals surface area contributed by atoms with Crippen molar-refractivity contribution in [1.82, 2.24) is 9.13 Å². The van der Waals surface area contributed by atoms with Crippen LogP contribution in [0.4, 0.5) is 46.4 Å². The maximum atomic E-state index is 9.75. The van der Waals surface area contributed by atoms with Crippen LogP contribution >= 0.6 is 0 Å². The first-order chi connectivity index (χ1) is 19.2. The van der Waals surface area contributed by atoms with Gasteiger partial charge in [0.25, 0.3) is 0 Å². The normalized spacial score (nSPS) is 9.95. The van der Waals surface area contributed by atoms with Gasteiger partial charge in [-0.25, -0.2) is 0 Å². The molecule has 43 heavy (non-hydrogen) atoms. The Morgan fingerprint density at radius 2 is 0.977 bits per heavy atom. The predicted octanol–water partition coefficient (Wildman–Crippen LogP) is 7.05. The van der Waals surface area contributed by atoms with Crippen molar-refractivity contribution in [3.05, 3.63) is 75.9 Å². The third kappa shape index (κ3) is 20.4. The molecule has 18 heteroatoms. The molecule has 3 aromatic rings. The quantitative estimate of drug-likeness (QED) is 0.0923. The molecule has 0 saturated carbocycles. The van der Waals surface area contributed by atoms with E-state index in [9.17, 15) is 34.5 Å². The Morgan fingerprint density at radius 1 is 0.721 bits per heavy atom. The molecule has 0 saturated heterocycles. The van der Waals surface area contributed by atoms with Crippen molar-refractivity contribution in [1.29, 1.82) is 5.26 Å². The standard InChI is InChI=1S/C16H28N6.C7H7.C2H3N.2BF4.Mo/c1-11-12(2)20(6)15(19(11)5)17-9-10-18-16-21(7)13(3)14(4)22(16)8;1-2-4-6-7-5-3-1;1-2-3;2*2-1(3,4)5;/h9-10H2,1-8H3;1-7H;1H3;;;/q;+1;;2*-1;. The molecule has 1 aromatic carbocycles. The van der Waals surface area contributed by atoms with Crippen molar-refractivity contribution in [2.24, 2.45) is 28.2 Å². The van der Waals surface area contributed by atoms with Crippen molar-refractivity contribution < 1.29 is 64.7 Å². The maximum absolute atomic E-state index is 9.75. The van der Waals surface area contributed by atoms with Crippen LogP contribution < -0.4 is 9.13 Å². The summed E-state index contributed by atoms with van der Waals surface area (Å²) in [6.45, 7) is 11.3. The number of hydrogen-bond donors (Lipinski definition) is 0. The van der Waals surface area contributed by atoms with E-state index in [1.807, 2.05) is 42.5 Å². The van der Waals surface area contributed by atoms with E-state index < -0.39 is 14.5 Å². The monoisotopic (exact) mass is 708 g/mol. The number of aromatic nitrogens is 4. The van der Waals surface area contributed by atoms with E-state index in [1.165, 1.54) is 29.7 Å². The molecule has 0 N–H and O–H groups in total. The third-order valence-corrected chi connectivity index (χ3v) is 5.64. The molecule has 0 radical (unpaired) electrons. The van der Waals surface area contributed by atoms with Gasteiger partial charge in [-0.2, -0.15) is 5.26 Å². The van der Waals surface area contributed by atoms with E-state index in [-0.39, 0.29) is 21.1 Å². The molecule has 0 bridgehead atoms. The minimum atomic E-state index is -6.00. The van der Waals surface area contributed by atoms with Gasteiger partial charge in [0.1, 0.15) is 0 Å². The molecule has 0 aliphatic heterocycles. The van der Waals surface area contributed by atoms with E-state index in [2.05, 4.69) is 74.2 Å². The van der Waals surface area contributed by atoms with Crippen molar-refractivity contribution in [2.45, 2.75) is 34.6 Å². The number of nitriles is 1. The van der Waals surface area contributed by atoms with Gasteiger partial charge in [-0.3, -0.25) is 10.6 Å². The average molecular weight is 706 g/mol. The smallest absolute Gasteiger partial charge is 0.418 e. The van der Waals surface area contributed by atoms with E-state index in [1.54, 1.807) is 6.07 Å². The Labute approximate surface area is 263 Å².